The number of hydrogen-bond acceptors (Lipinski definition) is 7. The van der Waals surface area contributed by atoms with Crippen LogP contribution >= 0.6 is 0 Å². The summed E-state index contributed by atoms with van der Waals surface area (Å²) in [6, 6.07) is -0.727. The molecule has 2 atom stereocenters. The highest BCUT2D eigenvalue weighted by atomic mass is 16.6. The number of carbonyl (C=O) groups is 3. The molecule has 0 fully saturated rings. The van der Waals surface area contributed by atoms with Gasteiger partial charge in [0, 0.05) is 19.8 Å². The van der Waals surface area contributed by atoms with Gasteiger partial charge in [-0.2, -0.15) is 0 Å². The van der Waals surface area contributed by atoms with Gasteiger partial charge in [-0.3, -0.25) is 9.59 Å². The Bertz CT molecular complexity index is 778. The number of aliphatic carboxylic acids is 1. The molecule has 0 spiro atoms. The molecule has 0 amide bonds. The third kappa shape index (κ3) is 21.4. The van der Waals surface area contributed by atoms with Crippen LogP contribution in [0.25, 0.3) is 0 Å². The number of unbranched alkanes of at least 4 members (excludes halogenated alkanes) is 2. The molecular weight excluding hydrogens is 486 g/mol. The molecule has 8 nitrogen and oxygen atoms in total. The second-order valence-corrected chi connectivity index (χ2v) is 9.98. The zero-order valence-corrected chi connectivity index (χ0v) is 24.1. The minimum absolute atomic E-state index is 0.0118. The molecule has 0 radical (unpaired) electrons. The van der Waals surface area contributed by atoms with Crippen molar-refractivity contribution >= 4 is 17.9 Å². The first-order valence-electron chi connectivity index (χ1n) is 13.6. The number of carboxylic acid groups (broad SMARTS) is 1. The Morgan fingerprint density at radius 2 is 1.42 bits per heavy atom. The quantitative estimate of drug-likeness (QED) is 0.0892. The van der Waals surface area contributed by atoms with Gasteiger partial charge >= 0.3 is 11.9 Å². The van der Waals surface area contributed by atoms with Crippen molar-refractivity contribution in [2.75, 3.05) is 41.0 Å². The number of rotatable bonds is 22. The Labute approximate surface area is 229 Å². The van der Waals surface area contributed by atoms with Crippen molar-refractivity contribution in [3.8, 4) is 0 Å². The van der Waals surface area contributed by atoms with Gasteiger partial charge in [0.05, 0.1) is 40.3 Å². The molecule has 0 aliphatic rings. The fourth-order valence-electron chi connectivity index (χ4n) is 3.43. The molecule has 0 rings (SSSR count). The number of nitrogens with zero attached hydrogens (tertiary/aromatic N) is 1. The van der Waals surface area contributed by atoms with E-state index < -0.39 is 24.1 Å². The molecule has 8 heteroatoms. The number of hydrogen-bond donors (Lipinski definition) is 0. The van der Waals surface area contributed by atoms with Gasteiger partial charge in [0.2, 0.25) is 0 Å². The molecule has 0 heterocycles. The van der Waals surface area contributed by atoms with Crippen molar-refractivity contribution in [3.63, 3.8) is 0 Å². The van der Waals surface area contributed by atoms with Crippen LogP contribution < -0.4 is 5.11 Å². The Morgan fingerprint density at radius 1 is 0.842 bits per heavy atom. The van der Waals surface area contributed by atoms with E-state index in [1.807, 2.05) is 0 Å². The lowest BCUT2D eigenvalue weighted by atomic mass is 10.1. The Balaban J connectivity index is 4.20. The number of carbonyl (C=O) groups excluding carboxylic acids is 3. The summed E-state index contributed by atoms with van der Waals surface area (Å²) >= 11 is 0. The third-order valence-electron chi connectivity index (χ3n) is 5.54. The summed E-state index contributed by atoms with van der Waals surface area (Å²) in [6.07, 6.45) is 23.3. The zero-order chi connectivity index (χ0) is 28.7. The van der Waals surface area contributed by atoms with Gasteiger partial charge in [-0.25, -0.2) is 0 Å². The molecule has 0 aliphatic heterocycles. The highest BCUT2D eigenvalue weighted by Crippen LogP contribution is 2.09. The molecule has 0 bridgehead atoms. The van der Waals surface area contributed by atoms with E-state index in [-0.39, 0.29) is 43.1 Å². The molecule has 0 aromatic carbocycles. The second-order valence-electron chi connectivity index (χ2n) is 9.98. The molecule has 0 aliphatic carbocycles. The molecule has 2 unspecified atom stereocenters. The first kappa shape index (κ1) is 35.3. The minimum Gasteiger partial charge on any atom is -0.544 e. The standard InChI is InChI=1S/C30H49NO7/c1-6-7-8-9-10-11-12-13-14-15-16-17-18-19-20-21-29(33)38-27(25-37-26(2)32)24-36-23-22-28(30(34)35)31(3,4)5/h7-8,10-11,13-14,16-17,27-28H,6,9,12,15,18-25H2,1-5H3/b8-7-,11-10-,14-13-,17-16-. The lowest BCUT2D eigenvalue weighted by molar-refractivity contribution is -0.889. The van der Waals surface area contributed by atoms with Crippen molar-refractivity contribution in [1.29, 1.82) is 0 Å². The highest BCUT2D eigenvalue weighted by Gasteiger charge is 2.25. The maximum Gasteiger partial charge on any atom is 0.306 e. The van der Waals surface area contributed by atoms with Gasteiger partial charge < -0.3 is 28.6 Å². The number of likely N-dealkylation sites (N-methyl/N-ethyl adjacent to an activating group) is 1. The molecule has 0 aromatic rings. The largest absolute Gasteiger partial charge is 0.544 e. The molecule has 38 heavy (non-hydrogen) atoms. The van der Waals surface area contributed by atoms with Gasteiger partial charge in [0.25, 0.3) is 0 Å². The summed E-state index contributed by atoms with van der Waals surface area (Å²) < 4.78 is 16.2. The Morgan fingerprint density at radius 3 is 1.95 bits per heavy atom. The van der Waals surface area contributed by atoms with Crippen molar-refractivity contribution in [2.45, 2.75) is 83.8 Å². The number of allylic oxidation sites excluding steroid dienone is 8. The Hall–Kier alpha value is -2.71. The van der Waals surface area contributed by atoms with E-state index in [4.69, 9.17) is 14.2 Å². The summed E-state index contributed by atoms with van der Waals surface area (Å²) in [4.78, 5) is 34.8. The summed E-state index contributed by atoms with van der Waals surface area (Å²) in [7, 11) is 5.31. The number of quaternary nitrogens is 1. The van der Waals surface area contributed by atoms with Gasteiger partial charge in [0.1, 0.15) is 12.6 Å². The van der Waals surface area contributed by atoms with E-state index >= 15 is 0 Å². The lowest BCUT2D eigenvalue weighted by Gasteiger charge is -2.34. The normalized spacial score (nSPS) is 14.0. The highest BCUT2D eigenvalue weighted by molar-refractivity contribution is 5.70. The summed E-state index contributed by atoms with van der Waals surface area (Å²) in [5.41, 5.74) is 0. The molecular formula is C30H49NO7. The van der Waals surface area contributed by atoms with Gasteiger partial charge in [-0.15, -0.1) is 0 Å². The predicted molar refractivity (Wildman–Crippen MR) is 148 cm³/mol. The monoisotopic (exact) mass is 535 g/mol. The number of ether oxygens (including phenoxy) is 3. The second kappa shape index (κ2) is 22.3. The van der Waals surface area contributed by atoms with Crippen LogP contribution in [-0.2, 0) is 28.6 Å². The average molecular weight is 536 g/mol. The van der Waals surface area contributed by atoms with Crippen molar-refractivity contribution in [1.82, 2.24) is 0 Å². The molecule has 0 saturated heterocycles. The topological polar surface area (TPSA) is 102 Å². The molecule has 0 aromatic heterocycles. The van der Waals surface area contributed by atoms with Crippen molar-refractivity contribution in [3.05, 3.63) is 48.6 Å². The van der Waals surface area contributed by atoms with Crippen molar-refractivity contribution < 1.29 is 38.2 Å². The van der Waals surface area contributed by atoms with Gasteiger partial charge in [-0.1, -0.05) is 55.5 Å². The minimum atomic E-state index is -1.14. The SMILES string of the molecule is CC/C=C\C/C=C\C/C=C\C/C=C\CCCCC(=O)OC(COCCC(C(=O)[O-])[N+](C)(C)C)COC(C)=O. The van der Waals surface area contributed by atoms with Gasteiger partial charge in [0.15, 0.2) is 6.10 Å². The molecule has 216 valence electrons. The fourth-order valence-corrected chi connectivity index (χ4v) is 3.43. The van der Waals surface area contributed by atoms with Gasteiger partial charge in [-0.05, 0) is 44.9 Å². The molecule has 0 N–H and O–H groups in total. The van der Waals surface area contributed by atoms with E-state index in [1.165, 1.54) is 6.92 Å². The maximum absolute atomic E-state index is 12.3. The smallest absolute Gasteiger partial charge is 0.306 e. The lowest BCUT2D eigenvalue weighted by Crippen LogP contribution is -2.55. The van der Waals surface area contributed by atoms with E-state index in [9.17, 15) is 19.5 Å². The zero-order valence-electron chi connectivity index (χ0n) is 24.1. The van der Waals surface area contributed by atoms with E-state index in [1.54, 1.807) is 21.1 Å². The van der Waals surface area contributed by atoms with E-state index in [0.29, 0.717) is 6.42 Å². The summed E-state index contributed by atoms with van der Waals surface area (Å²) in [5, 5.41) is 11.4. The summed E-state index contributed by atoms with van der Waals surface area (Å²) in [6.45, 7) is 3.46. The number of esters is 2. The number of carboxylic acids is 1. The third-order valence-corrected chi connectivity index (χ3v) is 5.54. The average Bonchev–Trinajstić information content (AvgIpc) is 2.83. The predicted octanol–water partition coefficient (Wildman–Crippen LogP) is 4.06. The van der Waals surface area contributed by atoms with Crippen LogP contribution in [0.3, 0.4) is 0 Å². The molecule has 0 saturated carbocycles. The van der Waals surface area contributed by atoms with Crippen LogP contribution in [0.15, 0.2) is 48.6 Å². The first-order valence-corrected chi connectivity index (χ1v) is 13.6. The Kier molecular flexibility index (Phi) is 20.7. The van der Waals surface area contributed by atoms with Crippen LogP contribution in [0.5, 0.6) is 0 Å². The van der Waals surface area contributed by atoms with Crippen LogP contribution in [0.2, 0.25) is 0 Å². The van der Waals surface area contributed by atoms with Crippen LogP contribution in [0.4, 0.5) is 0 Å². The maximum atomic E-state index is 12.3. The van der Waals surface area contributed by atoms with Crippen LogP contribution in [0, 0.1) is 0 Å². The first-order chi connectivity index (χ1) is 18.1. The van der Waals surface area contributed by atoms with Crippen LogP contribution in [-0.4, -0.2) is 75.5 Å². The summed E-state index contributed by atoms with van der Waals surface area (Å²) in [5.74, 6) is -2.00. The van der Waals surface area contributed by atoms with Crippen LogP contribution in [0.1, 0.15) is 71.6 Å². The van der Waals surface area contributed by atoms with Crippen molar-refractivity contribution in [2.24, 2.45) is 0 Å². The van der Waals surface area contributed by atoms with E-state index in [0.717, 1.165) is 38.5 Å². The fraction of sp³-hybridized carbons (Fsp3) is 0.633. The van der Waals surface area contributed by atoms with E-state index in [2.05, 4.69) is 55.5 Å².